The Morgan fingerprint density at radius 3 is 1.61 bits per heavy atom. The van der Waals surface area contributed by atoms with Gasteiger partial charge in [-0.15, -0.1) is 6.58 Å². The summed E-state index contributed by atoms with van der Waals surface area (Å²) in [6, 6.07) is 43.9. The summed E-state index contributed by atoms with van der Waals surface area (Å²) in [6.45, 7) is 22.6. The predicted molar refractivity (Wildman–Crippen MR) is 215 cm³/mol. The summed E-state index contributed by atoms with van der Waals surface area (Å²) >= 11 is 6.91. The zero-order valence-corrected chi connectivity index (χ0v) is 31.6. The Hall–Kier alpha value is -4.27. The normalized spacial score (nSPS) is 13.2. The number of benzene rings is 5. The third-order valence-corrected chi connectivity index (χ3v) is 10.6. The number of anilines is 4. The second-order valence-corrected chi connectivity index (χ2v) is 15.8. The highest BCUT2D eigenvalue weighted by Crippen LogP contribution is 2.40. The van der Waals surface area contributed by atoms with E-state index in [-0.39, 0.29) is 16.9 Å². The van der Waals surface area contributed by atoms with E-state index >= 15 is 0 Å². The van der Waals surface area contributed by atoms with E-state index in [1.165, 1.54) is 27.8 Å². The van der Waals surface area contributed by atoms with Gasteiger partial charge in [-0.1, -0.05) is 152 Å². The van der Waals surface area contributed by atoms with E-state index in [0.717, 1.165) is 22.7 Å². The quantitative estimate of drug-likeness (QED) is 0.129. The monoisotopic (exact) mass is 668 g/mol. The minimum absolute atomic E-state index is 0.0621. The Balaban J connectivity index is 1.51. The molecule has 2 nitrogen and oxygen atoms in total. The van der Waals surface area contributed by atoms with Crippen molar-refractivity contribution in [3.63, 3.8) is 0 Å². The zero-order valence-electron chi connectivity index (χ0n) is 30.8. The van der Waals surface area contributed by atoms with Gasteiger partial charge in [-0.25, -0.2) is 0 Å². The molecule has 0 aromatic heterocycles. The second kappa shape index (κ2) is 14.7. The first-order chi connectivity index (χ1) is 23.2. The maximum atomic E-state index is 6.91. The first-order valence-electron chi connectivity index (χ1n) is 17.5. The Labute approximate surface area is 301 Å². The van der Waals surface area contributed by atoms with Crippen molar-refractivity contribution in [2.45, 2.75) is 72.3 Å². The zero-order chi connectivity index (χ0) is 35.5. The highest BCUT2D eigenvalue weighted by atomic mass is 35.5. The predicted octanol–water partition coefficient (Wildman–Crippen LogP) is 13.4. The van der Waals surface area contributed by atoms with Gasteiger partial charge in [-0.3, -0.25) is 0 Å². The van der Waals surface area contributed by atoms with Crippen LogP contribution in [0, 0.1) is 11.8 Å². The van der Waals surface area contributed by atoms with Gasteiger partial charge in [0, 0.05) is 40.2 Å². The van der Waals surface area contributed by atoms with Crippen molar-refractivity contribution in [1.82, 2.24) is 0 Å². The minimum atomic E-state index is -0.171. The van der Waals surface area contributed by atoms with Gasteiger partial charge in [0.05, 0.1) is 6.04 Å². The van der Waals surface area contributed by atoms with Gasteiger partial charge in [0.25, 0.3) is 0 Å². The molecule has 0 saturated heterocycles. The molecule has 0 N–H and O–H groups in total. The molecule has 0 saturated carbocycles. The van der Waals surface area contributed by atoms with Crippen molar-refractivity contribution in [1.29, 1.82) is 0 Å². The van der Waals surface area contributed by atoms with E-state index in [1.807, 2.05) is 6.07 Å². The van der Waals surface area contributed by atoms with Gasteiger partial charge < -0.3 is 9.80 Å². The molecule has 0 fully saturated rings. The molecule has 0 amide bonds. The number of nitrogens with zero attached hydrogens (tertiary/aromatic N) is 2. The van der Waals surface area contributed by atoms with Crippen LogP contribution in [0.3, 0.4) is 0 Å². The molecule has 1 unspecified atom stereocenters. The van der Waals surface area contributed by atoms with Gasteiger partial charge in [-0.2, -0.15) is 0 Å². The van der Waals surface area contributed by atoms with Crippen LogP contribution in [0.1, 0.15) is 72.1 Å². The standard InChI is InChI=1S/C46H53ClN2/c1-11-44(33(4)32(2)3)49(43-30-39(47)29-42(31-43)48(10)40-25-21-36(22-26-40)45(5,6)7)41-27-23-38(24-28-41)46(8,9)37-19-17-35(18-20-37)34-15-13-12-14-16-34/h11-33,44H,1H2,2-10H3/t33-,44?/m0/s1. The van der Waals surface area contributed by atoms with Crippen molar-refractivity contribution >= 4 is 34.4 Å². The molecular formula is C46H53ClN2. The molecular weight excluding hydrogens is 616 g/mol. The Morgan fingerprint density at radius 1 is 0.592 bits per heavy atom. The Kier molecular flexibility index (Phi) is 10.8. The lowest BCUT2D eigenvalue weighted by Gasteiger charge is -2.38. The first-order valence-corrected chi connectivity index (χ1v) is 17.9. The molecule has 5 aromatic carbocycles. The highest BCUT2D eigenvalue weighted by molar-refractivity contribution is 6.31. The van der Waals surface area contributed by atoms with Gasteiger partial charge in [-0.05, 0) is 87.5 Å². The summed E-state index contributed by atoms with van der Waals surface area (Å²) in [7, 11) is 2.11. The number of hydrogen-bond donors (Lipinski definition) is 0. The number of hydrogen-bond acceptors (Lipinski definition) is 2. The number of rotatable bonds is 11. The lowest BCUT2D eigenvalue weighted by Crippen LogP contribution is -2.37. The Morgan fingerprint density at radius 2 is 1.08 bits per heavy atom. The van der Waals surface area contributed by atoms with Crippen LogP contribution in [0.2, 0.25) is 5.02 Å². The number of halogens is 1. The molecule has 0 spiro atoms. The minimum Gasteiger partial charge on any atom is -0.345 e. The fourth-order valence-corrected chi connectivity index (χ4v) is 6.81. The second-order valence-electron chi connectivity index (χ2n) is 15.3. The van der Waals surface area contributed by atoms with Crippen LogP contribution in [0.4, 0.5) is 22.7 Å². The van der Waals surface area contributed by atoms with E-state index in [0.29, 0.717) is 16.9 Å². The van der Waals surface area contributed by atoms with Crippen molar-refractivity contribution < 1.29 is 0 Å². The van der Waals surface area contributed by atoms with E-state index in [1.54, 1.807) is 0 Å². The summed E-state index contributed by atoms with van der Waals surface area (Å²) in [5.41, 5.74) is 10.6. The van der Waals surface area contributed by atoms with Crippen molar-refractivity contribution in [2.75, 3.05) is 16.8 Å². The first kappa shape index (κ1) is 36.0. The summed E-state index contributed by atoms with van der Waals surface area (Å²) in [5.74, 6) is 0.812. The van der Waals surface area contributed by atoms with Gasteiger partial charge in [0.1, 0.15) is 0 Å². The largest absolute Gasteiger partial charge is 0.345 e. The average molecular weight is 669 g/mol. The molecule has 5 rings (SSSR count). The van der Waals surface area contributed by atoms with Crippen molar-refractivity contribution in [2.24, 2.45) is 11.8 Å². The fraction of sp³-hybridized carbons (Fsp3) is 0.304. The van der Waals surface area contributed by atoms with Crippen LogP contribution < -0.4 is 9.80 Å². The lowest BCUT2D eigenvalue weighted by atomic mass is 9.77. The molecule has 49 heavy (non-hydrogen) atoms. The molecule has 0 aliphatic rings. The molecule has 5 aromatic rings. The van der Waals surface area contributed by atoms with Gasteiger partial charge in [0.2, 0.25) is 0 Å². The third kappa shape index (κ3) is 7.97. The van der Waals surface area contributed by atoms with Crippen LogP contribution in [-0.2, 0) is 10.8 Å². The molecule has 0 radical (unpaired) electrons. The average Bonchev–Trinajstić information content (AvgIpc) is 3.09. The molecule has 0 aliphatic heterocycles. The van der Waals surface area contributed by atoms with Crippen LogP contribution in [0.25, 0.3) is 11.1 Å². The Bertz CT molecular complexity index is 1830. The van der Waals surface area contributed by atoms with Gasteiger partial charge >= 0.3 is 0 Å². The summed E-state index contributed by atoms with van der Waals surface area (Å²) < 4.78 is 0. The van der Waals surface area contributed by atoms with Crippen LogP contribution in [-0.4, -0.2) is 13.1 Å². The third-order valence-electron chi connectivity index (χ3n) is 10.4. The topological polar surface area (TPSA) is 6.48 Å². The van der Waals surface area contributed by atoms with Gasteiger partial charge in [0.15, 0.2) is 0 Å². The molecule has 0 bridgehead atoms. The van der Waals surface area contributed by atoms with E-state index in [2.05, 4.69) is 200 Å². The van der Waals surface area contributed by atoms with Crippen LogP contribution in [0.15, 0.2) is 134 Å². The summed E-state index contributed by atoms with van der Waals surface area (Å²) in [6.07, 6.45) is 2.09. The highest BCUT2D eigenvalue weighted by Gasteiger charge is 2.28. The lowest BCUT2D eigenvalue weighted by molar-refractivity contribution is 0.381. The SMILES string of the molecule is C=CC([C@@H](C)C(C)C)N(c1ccc(C(C)(C)c2ccc(-c3ccccc3)cc2)cc1)c1cc(Cl)cc(N(C)c2ccc(C(C)(C)C)cc2)c1. The van der Waals surface area contributed by atoms with E-state index < -0.39 is 0 Å². The fourth-order valence-electron chi connectivity index (χ4n) is 6.58. The smallest absolute Gasteiger partial charge is 0.0547 e. The molecule has 0 aliphatic carbocycles. The van der Waals surface area contributed by atoms with Crippen LogP contribution in [0.5, 0.6) is 0 Å². The molecule has 2 atom stereocenters. The molecule has 3 heteroatoms. The van der Waals surface area contributed by atoms with Crippen molar-refractivity contribution in [3.05, 3.63) is 156 Å². The maximum absolute atomic E-state index is 6.91. The molecule has 0 heterocycles. The summed E-state index contributed by atoms with van der Waals surface area (Å²) in [5, 5.41) is 0.701. The summed E-state index contributed by atoms with van der Waals surface area (Å²) in [4.78, 5) is 4.62. The van der Waals surface area contributed by atoms with Crippen LogP contribution >= 0.6 is 11.6 Å². The van der Waals surface area contributed by atoms with E-state index in [4.69, 9.17) is 11.6 Å². The molecule has 254 valence electrons. The maximum Gasteiger partial charge on any atom is 0.0547 e. The van der Waals surface area contributed by atoms with E-state index in [9.17, 15) is 0 Å². The van der Waals surface area contributed by atoms with Crippen molar-refractivity contribution in [3.8, 4) is 11.1 Å².